The summed E-state index contributed by atoms with van der Waals surface area (Å²) >= 11 is 1.56. The first-order valence-electron chi connectivity index (χ1n) is 10.3. The third-order valence-corrected chi connectivity index (χ3v) is 7.13. The molecule has 1 heterocycles. The van der Waals surface area contributed by atoms with E-state index in [1.807, 2.05) is 51.1 Å². The van der Waals surface area contributed by atoms with Crippen LogP contribution in [0.5, 0.6) is 0 Å². The van der Waals surface area contributed by atoms with Crippen molar-refractivity contribution in [1.82, 2.24) is 10.2 Å². The Bertz CT molecular complexity index is 1110. The van der Waals surface area contributed by atoms with Crippen LogP contribution in [-0.4, -0.2) is 21.1 Å². The molecule has 0 fully saturated rings. The Kier molecular flexibility index (Phi) is 5.56. The molecule has 0 saturated heterocycles. The van der Waals surface area contributed by atoms with Gasteiger partial charge >= 0.3 is 0 Å². The maximum absolute atomic E-state index is 13.1. The smallest absolute Gasteiger partial charge is 0.167 e. The highest BCUT2D eigenvalue weighted by Crippen LogP contribution is 2.42. The normalized spacial score (nSPS) is 18.0. The Morgan fingerprint density at radius 3 is 2.33 bits per heavy atom. The van der Waals surface area contributed by atoms with Crippen molar-refractivity contribution in [3.05, 3.63) is 75.5 Å². The number of ketones is 1. The largest absolute Gasteiger partial charge is 0.512 e. The number of aryl methyl sites for hydroxylation is 3. The van der Waals surface area contributed by atoms with Gasteiger partial charge in [-0.25, -0.2) is 0 Å². The van der Waals surface area contributed by atoms with Crippen molar-refractivity contribution in [2.75, 3.05) is 0 Å². The second kappa shape index (κ2) is 8.15. The van der Waals surface area contributed by atoms with Crippen LogP contribution in [0.1, 0.15) is 52.9 Å². The van der Waals surface area contributed by atoms with Gasteiger partial charge in [-0.15, -0.1) is 10.2 Å². The molecule has 0 radical (unpaired) electrons. The van der Waals surface area contributed by atoms with E-state index in [9.17, 15) is 9.90 Å². The minimum absolute atomic E-state index is 0.0125. The van der Waals surface area contributed by atoms with Crippen LogP contribution in [0.3, 0.4) is 0 Å². The summed E-state index contributed by atoms with van der Waals surface area (Å²) in [5.41, 5.74) is 5.65. The molecule has 1 aromatic heterocycles. The first-order valence-corrected chi connectivity index (χ1v) is 11.1. The first kappa shape index (κ1) is 20.5. The van der Waals surface area contributed by atoms with Crippen LogP contribution in [0, 0.1) is 26.7 Å². The molecule has 4 nitrogen and oxygen atoms in total. The topological polar surface area (TPSA) is 63.1 Å². The lowest BCUT2D eigenvalue weighted by Gasteiger charge is -2.28. The fraction of sp³-hybridized carbons (Fsp3) is 0.320. The zero-order chi connectivity index (χ0) is 21.4. The van der Waals surface area contributed by atoms with Gasteiger partial charge in [0.05, 0.1) is 5.57 Å². The number of rotatable bonds is 4. The maximum atomic E-state index is 13.1. The zero-order valence-electron chi connectivity index (χ0n) is 17.8. The molecule has 0 bridgehead atoms. The van der Waals surface area contributed by atoms with E-state index in [0.717, 1.165) is 37.8 Å². The molecule has 154 valence electrons. The van der Waals surface area contributed by atoms with Gasteiger partial charge in [0.15, 0.2) is 5.78 Å². The number of allylic oxidation sites excluding steroid dienone is 2. The molecule has 2 atom stereocenters. The molecule has 4 rings (SSSR count). The molecule has 0 spiro atoms. The van der Waals surface area contributed by atoms with Gasteiger partial charge in [0.1, 0.15) is 15.8 Å². The molecular weight excluding hydrogens is 392 g/mol. The van der Waals surface area contributed by atoms with Gasteiger partial charge in [-0.1, -0.05) is 66.3 Å². The average Bonchev–Trinajstić information content (AvgIpc) is 3.19. The average molecular weight is 419 g/mol. The number of aliphatic hydroxyl groups excluding tert-OH is 1. The second-order valence-corrected chi connectivity index (χ2v) is 9.30. The maximum Gasteiger partial charge on any atom is 0.167 e. The highest BCUT2D eigenvalue weighted by molar-refractivity contribution is 7.14. The summed E-state index contributed by atoms with van der Waals surface area (Å²) in [6.45, 7) is 8.13. The lowest BCUT2D eigenvalue weighted by atomic mass is 9.77. The van der Waals surface area contributed by atoms with E-state index in [4.69, 9.17) is 0 Å². The van der Waals surface area contributed by atoms with Crippen molar-refractivity contribution < 1.29 is 9.90 Å². The predicted molar refractivity (Wildman–Crippen MR) is 122 cm³/mol. The molecule has 2 unspecified atom stereocenters. The van der Waals surface area contributed by atoms with E-state index in [1.54, 1.807) is 11.3 Å². The summed E-state index contributed by atoms with van der Waals surface area (Å²) in [7, 11) is 0. The first-order chi connectivity index (χ1) is 14.3. The van der Waals surface area contributed by atoms with Crippen molar-refractivity contribution in [2.24, 2.45) is 5.92 Å². The number of Topliss-reactive ketones (excluding diaryl/α,β-unsaturated/α-hetero) is 1. The lowest BCUT2D eigenvalue weighted by molar-refractivity contribution is -0.115. The number of hydrogen-bond acceptors (Lipinski definition) is 5. The predicted octanol–water partition coefficient (Wildman–Crippen LogP) is 6.18. The van der Waals surface area contributed by atoms with E-state index in [0.29, 0.717) is 18.4 Å². The number of aliphatic hydroxyl groups is 1. The zero-order valence-corrected chi connectivity index (χ0v) is 18.6. The van der Waals surface area contributed by atoms with E-state index >= 15 is 0 Å². The van der Waals surface area contributed by atoms with Gasteiger partial charge in [0, 0.05) is 24.3 Å². The lowest BCUT2D eigenvalue weighted by Crippen LogP contribution is -2.23. The van der Waals surface area contributed by atoms with Gasteiger partial charge in [-0.3, -0.25) is 4.79 Å². The van der Waals surface area contributed by atoms with Crippen LogP contribution in [0.25, 0.3) is 16.1 Å². The van der Waals surface area contributed by atoms with Gasteiger partial charge in [-0.2, -0.15) is 0 Å². The molecular formula is C25H26N2O2S. The van der Waals surface area contributed by atoms with Crippen molar-refractivity contribution in [2.45, 2.75) is 46.5 Å². The molecule has 0 amide bonds. The van der Waals surface area contributed by atoms with E-state index in [1.165, 1.54) is 0 Å². The Morgan fingerprint density at radius 1 is 1.03 bits per heavy atom. The summed E-state index contributed by atoms with van der Waals surface area (Å²) in [5.74, 6) is 0.279. The minimum atomic E-state index is 0.0125. The van der Waals surface area contributed by atoms with Crippen LogP contribution in [-0.2, 0) is 4.79 Å². The van der Waals surface area contributed by atoms with Crippen LogP contribution in [0.15, 0.2) is 48.2 Å². The number of nitrogens with zero attached hydrogens (tertiary/aromatic N) is 2. The second-order valence-electron chi connectivity index (χ2n) is 8.29. The molecule has 2 aromatic carbocycles. The van der Waals surface area contributed by atoms with E-state index in [-0.39, 0.29) is 23.4 Å². The Labute approximate surface area is 181 Å². The van der Waals surface area contributed by atoms with Gasteiger partial charge in [-0.05, 0) is 43.4 Å². The summed E-state index contributed by atoms with van der Waals surface area (Å²) in [4.78, 5) is 13.1. The molecule has 1 N–H and O–H groups in total. The van der Waals surface area contributed by atoms with Crippen LogP contribution in [0.2, 0.25) is 0 Å². The number of carbonyl (C=O) groups is 1. The molecule has 3 aromatic rings. The van der Waals surface area contributed by atoms with Crippen LogP contribution >= 0.6 is 11.3 Å². The molecule has 1 aliphatic rings. The summed E-state index contributed by atoms with van der Waals surface area (Å²) < 4.78 is 0. The van der Waals surface area contributed by atoms with Crippen molar-refractivity contribution in [3.8, 4) is 10.6 Å². The summed E-state index contributed by atoms with van der Waals surface area (Å²) in [6.07, 6.45) is 0.892. The van der Waals surface area contributed by atoms with E-state index in [2.05, 4.69) is 29.3 Å². The molecule has 30 heavy (non-hydrogen) atoms. The van der Waals surface area contributed by atoms with Gasteiger partial charge < -0.3 is 5.11 Å². The molecule has 1 aliphatic carbocycles. The van der Waals surface area contributed by atoms with Gasteiger partial charge in [0.25, 0.3) is 0 Å². The third kappa shape index (κ3) is 3.82. The highest BCUT2D eigenvalue weighted by atomic mass is 32.1. The number of hydrogen-bond donors (Lipinski definition) is 1. The fourth-order valence-electron chi connectivity index (χ4n) is 4.45. The molecule has 0 aliphatic heterocycles. The fourth-order valence-corrected chi connectivity index (χ4v) is 5.45. The third-order valence-electron chi connectivity index (χ3n) is 5.96. The molecule has 5 heteroatoms. The minimum Gasteiger partial charge on any atom is -0.512 e. The number of benzene rings is 2. The highest BCUT2D eigenvalue weighted by Gasteiger charge is 2.34. The van der Waals surface area contributed by atoms with Crippen molar-refractivity contribution in [3.63, 3.8) is 0 Å². The standard InChI is InChI=1S/C25H26N2O2S/c1-14-10-15(2)22(16(3)11-14)23-20(28)12-19(13-21(23)29)17(4)24-26-27-25(30-24)18-8-6-5-7-9-18/h5-11,17,19,28H,12-13H2,1-4H3. The van der Waals surface area contributed by atoms with Crippen molar-refractivity contribution in [1.29, 1.82) is 0 Å². The quantitative estimate of drug-likeness (QED) is 0.549. The van der Waals surface area contributed by atoms with E-state index < -0.39 is 0 Å². The summed E-state index contributed by atoms with van der Waals surface area (Å²) in [5, 5.41) is 21.4. The van der Waals surface area contributed by atoms with Crippen LogP contribution < -0.4 is 0 Å². The van der Waals surface area contributed by atoms with Gasteiger partial charge in [0.2, 0.25) is 0 Å². The SMILES string of the molecule is Cc1cc(C)c(C2=C(O)CC(C(C)c3nnc(-c4ccccc4)s3)CC2=O)c(C)c1. The Balaban J connectivity index is 1.61. The van der Waals surface area contributed by atoms with Crippen LogP contribution in [0.4, 0.5) is 0 Å². The number of aromatic nitrogens is 2. The summed E-state index contributed by atoms with van der Waals surface area (Å²) in [6, 6.07) is 14.1. The Hall–Kier alpha value is -2.79. The number of carbonyl (C=O) groups excluding carboxylic acids is 1. The van der Waals surface area contributed by atoms with Crippen molar-refractivity contribution >= 4 is 22.7 Å². The molecule has 0 saturated carbocycles. The Morgan fingerprint density at radius 2 is 1.70 bits per heavy atom. The monoisotopic (exact) mass is 418 g/mol.